The zero-order valence-corrected chi connectivity index (χ0v) is 12.4. The standard InChI is InChI=1S/C16H13N3O2S/c1-2-5-10(13-14(20)18-16(22)19-15(13)21)11-8-17-12-7-4-3-6-9(11)12/h2-4,6-8H,1,5H2,(H3,18,19,20,21,22)/b11-10+. The number of fused-ring (bicyclic) bond motifs is 1. The summed E-state index contributed by atoms with van der Waals surface area (Å²) in [5, 5.41) is 10.1. The van der Waals surface area contributed by atoms with E-state index in [1.807, 2.05) is 24.3 Å². The Morgan fingerprint density at radius 1 is 1.36 bits per heavy atom. The van der Waals surface area contributed by atoms with Crippen LogP contribution in [-0.4, -0.2) is 21.3 Å². The maximum absolute atomic E-state index is 12.2. The molecule has 2 heterocycles. The molecule has 22 heavy (non-hydrogen) atoms. The van der Waals surface area contributed by atoms with E-state index < -0.39 is 5.56 Å². The molecule has 2 aromatic rings. The van der Waals surface area contributed by atoms with Crippen LogP contribution in [0.2, 0.25) is 0 Å². The molecule has 0 saturated carbocycles. The molecule has 0 fully saturated rings. The van der Waals surface area contributed by atoms with Crippen molar-refractivity contribution in [3.05, 3.63) is 63.2 Å². The van der Waals surface area contributed by atoms with Gasteiger partial charge in [0.15, 0.2) is 4.77 Å². The molecular weight excluding hydrogens is 298 g/mol. The molecule has 0 atom stereocenters. The van der Waals surface area contributed by atoms with Crippen molar-refractivity contribution in [3.63, 3.8) is 0 Å². The number of aromatic hydroxyl groups is 1. The van der Waals surface area contributed by atoms with Crippen molar-refractivity contribution in [2.45, 2.75) is 6.42 Å². The quantitative estimate of drug-likeness (QED) is 0.600. The number of rotatable bonds is 3. The van der Waals surface area contributed by atoms with Crippen molar-refractivity contribution < 1.29 is 5.11 Å². The van der Waals surface area contributed by atoms with Crippen LogP contribution in [0.3, 0.4) is 0 Å². The van der Waals surface area contributed by atoms with E-state index in [9.17, 15) is 9.90 Å². The third-order valence-corrected chi connectivity index (χ3v) is 3.63. The summed E-state index contributed by atoms with van der Waals surface area (Å²) in [4.78, 5) is 21.6. The maximum Gasteiger partial charge on any atom is 0.263 e. The number of nitrogens with one attached hydrogen (secondary N) is 2. The summed E-state index contributed by atoms with van der Waals surface area (Å²) in [5.41, 5.74) is 2.91. The second kappa shape index (κ2) is 5.57. The van der Waals surface area contributed by atoms with Gasteiger partial charge < -0.3 is 10.1 Å². The van der Waals surface area contributed by atoms with Crippen LogP contribution in [-0.2, 0) is 0 Å². The van der Waals surface area contributed by atoms with E-state index in [-0.39, 0.29) is 16.2 Å². The van der Waals surface area contributed by atoms with Gasteiger partial charge in [-0.1, -0.05) is 24.3 Å². The smallest absolute Gasteiger partial charge is 0.263 e. The van der Waals surface area contributed by atoms with Crippen LogP contribution in [0.5, 0.6) is 5.88 Å². The monoisotopic (exact) mass is 311 g/mol. The first-order valence-electron chi connectivity index (χ1n) is 6.65. The molecule has 0 aliphatic carbocycles. The zero-order valence-electron chi connectivity index (χ0n) is 11.6. The number of aromatic amines is 2. The molecule has 0 bridgehead atoms. The molecule has 3 N–H and O–H groups in total. The number of nitrogens with zero attached hydrogens (tertiary/aromatic N) is 1. The minimum absolute atomic E-state index is 0.0784. The lowest BCUT2D eigenvalue weighted by Crippen LogP contribution is -2.14. The molecule has 1 aromatic heterocycles. The Morgan fingerprint density at radius 2 is 2.14 bits per heavy atom. The first kappa shape index (κ1) is 14.2. The summed E-state index contributed by atoms with van der Waals surface area (Å²) in [6, 6.07) is 7.63. The average Bonchev–Trinajstić information content (AvgIpc) is 2.89. The summed E-state index contributed by atoms with van der Waals surface area (Å²) in [7, 11) is 0. The van der Waals surface area contributed by atoms with Crippen molar-refractivity contribution in [1.82, 2.24) is 9.97 Å². The van der Waals surface area contributed by atoms with Gasteiger partial charge in [-0.15, -0.1) is 6.58 Å². The second-order valence-electron chi connectivity index (χ2n) is 4.79. The van der Waals surface area contributed by atoms with E-state index in [1.165, 1.54) is 0 Å². The van der Waals surface area contributed by atoms with Crippen LogP contribution in [0.4, 0.5) is 5.69 Å². The fourth-order valence-electron chi connectivity index (χ4n) is 2.50. The molecule has 1 aliphatic heterocycles. The van der Waals surface area contributed by atoms with Gasteiger partial charge in [0.2, 0.25) is 5.88 Å². The molecule has 110 valence electrons. The van der Waals surface area contributed by atoms with Gasteiger partial charge in [-0.3, -0.25) is 14.8 Å². The third-order valence-electron chi connectivity index (χ3n) is 3.43. The summed E-state index contributed by atoms with van der Waals surface area (Å²) in [5.74, 6) is -0.254. The molecule has 1 aliphatic rings. The third kappa shape index (κ3) is 2.33. The molecule has 6 heteroatoms. The highest BCUT2D eigenvalue weighted by atomic mass is 32.1. The van der Waals surface area contributed by atoms with Gasteiger partial charge in [0.05, 0.1) is 5.69 Å². The number of para-hydroxylation sites is 1. The summed E-state index contributed by atoms with van der Waals surface area (Å²) < 4.78 is 0.0784. The molecule has 0 unspecified atom stereocenters. The molecule has 0 radical (unpaired) electrons. The highest BCUT2D eigenvalue weighted by Gasteiger charge is 2.21. The SMILES string of the molecule is C=CC/C(=C1/C=Nc2ccccc21)c1c(O)[nH]c(=S)[nH]c1=O. The number of benzene rings is 1. The Balaban J connectivity index is 2.32. The molecule has 1 aromatic carbocycles. The van der Waals surface area contributed by atoms with Crippen molar-refractivity contribution in [2.75, 3.05) is 0 Å². The Bertz CT molecular complexity index is 935. The number of aliphatic imine (C=N–C) groups is 1. The predicted molar refractivity (Wildman–Crippen MR) is 90.1 cm³/mol. The van der Waals surface area contributed by atoms with E-state index in [1.54, 1.807) is 12.3 Å². The molecule has 0 spiro atoms. The van der Waals surface area contributed by atoms with Gasteiger partial charge in [0.1, 0.15) is 5.56 Å². The lowest BCUT2D eigenvalue weighted by molar-refractivity contribution is 0.448. The second-order valence-corrected chi connectivity index (χ2v) is 5.20. The summed E-state index contributed by atoms with van der Waals surface area (Å²) in [6.45, 7) is 3.73. The normalized spacial score (nSPS) is 14.7. The van der Waals surface area contributed by atoms with Gasteiger partial charge in [-0.2, -0.15) is 0 Å². The molecule has 3 rings (SSSR count). The van der Waals surface area contributed by atoms with Crippen LogP contribution in [0.25, 0.3) is 11.1 Å². The fraction of sp³-hybridized carbons (Fsp3) is 0.0625. The summed E-state index contributed by atoms with van der Waals surface area (Å²) in [6.07, 6.45) is 3.79. The van der Waals surface area contributed by atoms with E-state index in [4.69, 9.17) is 12.2 Å². The van der Waals surface area contributed by atoms with Gasteiger partial charge >= 0.3 is 0 Å². The molecule has 0 amide bonds. The van der Waals surface area contributed by atoms with Crippen molar-refractivity contribution in [3.8, 4) is 5.88 Å². The van der Waals surface area contributed by atoms with Gasteiger partial charge in [0, 0.05) is 17.4 Å². The lowest BCUT2D eigenvalue weighted by atomic mass is 9.94. The Labute approximate surface area is 131 Å². The predicted octanol–water partition coefficient (Wildman–Crippen LogP) is 3.34. The van der Waals surface area contributed by atoms with Crippen molar-refractivity contribution >= 4 is 35.3 Å². The molecule has 5 nitrogen and oxygen atoms in total. The first-order chi connectivity index (χ1) is 10.6. The van der Waals surface area contributed by atoms with E-state index in [0.717, 1.165) is 16.8 Å². The van der Waals surface area contributed by atoms with Gasteiger partial charge in [0.25, 0.3) is 5.56 Å². The van der Waals surface area contributed by atoms with Crippen LogP contribution >= 0.6 is 12.2 Å². The maximum atomic E-state index is 12.2. The number of allylic oxidation sites excluding steroid dienone is 3. The molecular formula is C16H13N3O2S. The lowest BCUT2D eigenvalue weighted by Gasteiger charge is -2.10. The van der Waals surface area contributed by atoms with E-state index >= 15 is 0 Å². The molecule has 0 saturated heterocycles. The van der Waals surface area contributed by atoms with Crippen molar-refractivity contribution in [1.29, 1.82) is 0 Å². The largest absolute Gasteiger partial charge is 0.494 e. The minimum Gasteiger partial charge on any atom is -0.494 e. The van der Waals surface area contributed by atoms with Gasteiger partial charge in [-0.25, -0.2) is 0 Å². The van der Waals surface area contributed by atoms with Gasteiger partial charge in [-0.05, 0) is 30.3 Å². The van der Waals surface area contributed by atoms with Crippen LogP contribution < -0.4 is 5.56 Å². The zero-order chi connectivity index (χ0) is 15.7. The van der Waals surface area contributed by atoms with Crippen molar-refractivity contribution in [2.24, 2.45) is 4.99 Å². The fourth-order valence-corrected chi connectivity index (χ4v) is 2.69. The number of aromatic nitrogens is 2. The number of H-pyrrole nitrogens is 2. The van der Waals surface area contributed by atoms with E-state index in [2.05, 4.69) is 21.5 Å². The van der Waals surface area contributed by atoms with Crippen LogP contribution in [0, 0.1) is 4.77 Å². The minimum atomic E-state index is -0.441. The topological polar surface area (TPSA) is 81.2 Å². The summed E-state index contributed by atoms with van der Waals surface area (Å²) >= 11 is 4.86. The van der Waals surface area contributed by atoms with E-state index in [0.29, 0.717) is 12.0 Å². The van der Waals surface area contributed by atoms with Crippen LogP contribution in [0.1, 0.15) is 17.5 Å². The number of hydrogen-bond donors (Lipinski definition) is 3. The Morgan fingerprint density at radius 3 is 2.86 bits per heavy atom. The highest BCUT2D eigenvalue weighted by Crippen LogP contribution is 2.38. The average molecular weight is 311 g/mol. The Hall–Kier alpha value is -2.73. The van der Waals surface area contributed by atoms with Crippen LogP contribution in [0.15, 0.2) is 46.7 Å². The number of hydrogen-bond acceptors (Lipinski definition) is 4. The highest BCUT2D eigenvalue weighted by molar-refractivity contribution is 7.71. The Kier molecular flexibility index (Phi) is 3.60. The first-order valence-corrected chi connectivity index (χ1v) is 7.06.